The van der Waals surface area contributed by atoms with E-state index in [1.165, 1.54) is 5.01 Å². The number of hydrazine groups is 2. The predicted molar refractivity (Wildman–Crippen MR) is 87.1 cm³/mol. The van der Waals surface area contributed by atoms with Gasteiger partial charge in [-0.25, -0.2) is 5.01 Å². The lowest BCUT2D eigenvalue weighted by molar-refractivity contribution is -0.119. The van der Waals surface area contributed by atoms with Crippen molar-refractivity contribution in [3.05, 3.63) is 65.7 Å². The molecule has 1 unspecified atom stereocenters. The summed E-state index contributed by atoms with van der Waals surface area (Å²) in [7, 11) is 0. The summed E-state index contributed by atoms with van der Waals surface area (Å²) >= 11 is 0. The summed E-state index contributed by atoms with van der Waals surface area (Å²) in [4.78, 5) is 23.7. The number of rotatable bonds is 4. The van der Waals surface area contributed by atoms with E-state index in [0.29, 0.717) is 5.56 Å². The van der Waals surface area contributed by atoms with Gasteiger partial charge in [-0.1, -0.05) is 42.5 Å². The largest absolute Gasteiger partial charge is 0.368 e. The molecule has 0 saturated carbocycles. The molecular weight excluding hydrogens is 292 g/mol. The zero-order chi connectivity index (χ0) is 16.4. The van der Waals surface area contributed by atoms with Crippen LogP contribution in [0.4, 0.5) is 5.69 Å². The Labute approximate surface area is 134 Å². The second-order valence-corrected chi connectivity index (χ2v) is 5.43. The average molecular weight is 310 g/mol. The van der Waals surface area contributed by atoms with Gasteiger partial charge in [0.25, 0.3) is 5.91 Å². The minimum atomic E-state index is -0.572. The van der Waals surface area contributed by atoms with Crippen LogP contribution >= 0.6 is 0 Å². The van der Waals surface area contributed by atoms with E-state index in [1.807, 2.05) is 54.4 Å². The Hall–Kier alpha value is -2.86. The number of anilines is 1. The number of hydrogen-bond donors (Lipinski definition) is 2. The number of primary amides is 1. The summed E-state index contributed by atoms with van der Waals surface area (Å²) in [5.74, 6) is -0.839. The minimum Gasteiger partial charge on any atom is -0.368 e. The number of benzene rings is 2. The zero-order valence-electron chi connectivity index (χ0n) is 12.8. The molecule has 0 radical (unpaired) electrons. The number of hydrogen-bond acceptors (Lipinski definition) is 4. The van der Waals surface area contributed by atoms with Gasteiger partial charge >= 0.3 is 0 Å². The molecule has 1 heterocycles. The lowest BCUT2D eigenvalue weighted by Gasteiger charge is -2.41. The van der Waals surface area contributed by atoms with Crippen LogP contribution in [0.15, 0.2) is 54.6 Å². The van der Waals surface area contributed by atoms with Crippen molar-refractivity contribution in [1.82, 2.24) is 10.5 Å². The molecule has 0 fully saturated rings. The fourth-order valence-electron chi connectivity index (χ4n) is 2.68. The number of para-hydroxylation sites is 1. The first kappa shape index (κ1) is 15.1. The van der Waals surface area contributed by atoms with Crippen molar-refractivity contribution in [2.24, 2.45) is 5.73 Å². The molecule has 2 amide bonds. The number of carbonyl (C=O) groups is 2. The highest BCUT2D eigenvalue weighted by molar-refractivity contribution is 6.02. The van der Waals surface area contributed by atoms with E-state index in [9.17, 15) is 9.59 Å². The molecule has 1 aliphatic rings. The van der Waals surface area contributed by atoms with Gasteiger partial charge in [0.15, 0.2) is 0 Å². The Morgan fingerprint density at radius 1 is 1.13 bits per heavy atom. The number of nitrogens with two attached hydrogens (primary N) is 1. The third-order valence-corrected chi connectivity index (χ3v) is 3.85. The van der Waals surface area contributed by atoms with E-state index in [1.54, 1.807) is 12.1 Å². The van der Waals surface area contributed by atoms with Gasteiger partial charge in [-0.2, -0.15) is 0 Å². The normalized spacial score (nSPS) is 15.3. The Morgan fingerprint density at radius 2 is 1.78 bits per heavy atom. The van der Waals surface area contributed by atoms with Crippen molar-refractivity contribution < 1.29 is 9.59 Å². The van der Waals surface area contributed by atoms with Gasteiger partial charge < -0.3 is 5.73 Å². The molecule has 3 N–H and O–H groups in total. The molecule has 1 atom stereocenters. The molecule has 0 spiro atoms. The second kappa shape index (κ2) is 6.10. The van der Waals surface area contributed by atoms with Crippen molar-refractivity contribution in [3.8, 4) is 0 Å². The van der Waals surface area contributed by atoms with Crippen LogP contribution in [0.2, 0.25) is 0 Å². The first-order valence-electron chi connectivity index (χ1n) is 7.37. The highest BCUT2D eigenvalue weighted by Crippen LogP contribution is 2.31. The molecular formula is C17H18N4O2. The molecule has 2 aromatic rings. The van der Waals surface area contributed by atoms with E-state index in [2.05, 4.69) is 5.53 Å². The Morgan fingerprint density at radius 3 is 2.48 bits per heavy atom. The van der Waals surface area contributed by atoms with E-state index in [-0.39, 0.29) is 18.5 Å². The van der Waals surface area contributed by atoms with Crippen molar-refractivity contribution >= 4 is 17.5 Å². The summed E-state index contributed by atoms with van der Waals surface area (Å²) in [6.07, 6.45) is 0. The first-order chi connectivity index (χ1) is 11.1. The maximum absolute atomic E-state index is 12.5. The highest BCUT2D eigenvalue weighted by atomic mass is 16.2. The maximum Gasteiger partial charge on any atom is 0.272 e. The van der Waals surface area contributed by atoms with Crippen molar-refractivity contribution in [2.45, 2.75) is 13.0 Å². The van der Waals surface area contributed by atoms with Crippen molar-refractivity contribution in [2.75, 3.05) is 11.6 Å². The van der Waals surface area contributed by atoms with Gasteiger partial charge in [0.2, 0.25) is 5.91 Å². The van der Waals surface area contributed by atoms with E-state index in [4.69, 9.17) is 5.73 Å². The van der Waals surface area contributed by atoms with E-state index >= 15 is 0 Å². The van der Waals surface area contributed by atoms with E-state index in [0.717, 1.165) is 11.3 Å². The van der Waals surface area contributed by atoms with Gasteiger partial charge in [-0.05, 0) is 24.6 Å². The fraction of sp³-hybridized carbons (Fsp3) is 0.176. The summed E-state index contributed by atoms with van der Waals surface area (Å²) in [5.41, 5.74) is 10.6. The van der Waals surface area contributed by atoms with Crippen LogP contribution in [0.5, 0.6) is 0 Å². The third kappa shape index (κ3) is 2.89. The first-order valence-corrected chi connectivity index (χ1v) is 7.37. The molecule has 118 valence electrons. The fourth-order valence-corrected chi connectivity index (χ4v) is 2.68. The lowest BCUT2D eigenvalue weighted by atomic mass is 10.0. The SMILES string of the molecule is CC(c1ccccc1)N1NN(CC(N)=O)C(=O)c2ccccc21. The maximum atomic E-state index is 12.5. The van der Waals surface area contributed by atoms with Gasteiger partial charge in [0, 0.05) is 0 Å². The van der Waals surface area contributed by atoms with Gasteiger partial charge in [0.1, 0.15) is 6.54 Å². The molecule has 0 aliphatic carbocycles. The van der Waals surface area contributed by atoms with Crippen LogP contribution in [0.25, 0.3) is 0 Å². The van der Waals surface area contributed by atoms with Gasteiger partial charge in [-0.15, -0.1) is 5.53 Å². The van der Waals surface area contributed by atoms with Crippen LogP contribution in [0.1, 0.15) is 28.9 Å². The van der Waals surface area contributed by atoms with Crippen LogP contribution in [0.3, 0.4) is 0 Å². The Balaban J connectivity index is 2.00. The second-order valence-electron chi connectivity index (χ2n) is 5.43. The molecule has 3 rings (SSSR count). The summed E-state index contributed by atoms with van der Waals surface area (Å²) in [5, 5.41) is 3.11. The lowest BCUT2D eigenvalue weighted by Crippen LogP contribution is -2.59. The van der Waals surface area contributed by atoms with Crippen molar-refractivity contribution in [1.29, 1.82) is 0 Å². The van der Waals surface area contributed by atoms with Gasteiger partial charge in [0.05, 0.1) is 17.3 Å². The Bertz CT molecular complexity index is 732. The topological polar surface area (TPSA) is 78.7 Å². The molecule has 0 saturated heterocycles. The molecule has 0 aromatic heterocycles. The molecule has 6 heteroatoms. The standard InChI is InChI=1S/C17H18N4O2/c1-12(13-7-3-2-4-8-13)21-15-10-6-5-9-14(15)17(23)20(19-21)11-16(18)22/h2-10,12,19H,11H2,1H3,(H2,18,22). The average Bonchev–Trinajstić information content (AvgIpc) is 2.57. The van der Waals surface area contributed by atoms with Crippen LogP contribution in [-0.4, -0.2) is 23.4 Å². The number of fused-ring (bicyclic) bond motifs is 1. The third-order valence-electron chi connectivity index (χ3n) is 3.85. The number of nitrogens with zero attached hydrogens (tertiary/aromatic N) is 2. The summed E-state index contributed by atoms with van der Waals surface area (Å²) in [6, 6.07) is 17.2. The molecule has 23 heavy (non-hydrogen) atoms. The number of carbonyl (C=O) groups excluding carboxylic acids is 2. The Kier molecular flexibility index (Phi) is 3.99. The smallest absolute Gasteiger partial charge is 0.272 e. The summed E-state index contributed by atoms with van der Waals surface area (Å²) in [6.45, 7) is 1.84. The van der Waals surface area contributed by atoms with E-state index < -0.39 is 5.91 Å². The van der Waals surface area contributed by atoms with Crippen LogP contribution < -0.4 is 16.3 Å². The highest BCUT2D eigenvalue weighted by Gasteiger charge is 2.32. The molecule has 6 nitrogen and oxygen atoms in total. The van der Waals surface area contributed by atoms with Crippen molar-refractivity contribution in [3.63, 3.8) is 0 Å². The number of nitrogens with one attached hydrogen (secondary N) is 1. The monoisotopic (exact) mass is 310 g/mol. The summed E-state index contributed by atoms with van der Waals surface area (Å²) < 4.78 is 0. The van der Waals surface area contributed by atoms with Crippen LogP contribution in [0, 0.1) is 0 Å². The molecule has 1 aliphatic heterocycles. The van der Waals surface area contributed by atoms with Gasteiger partial charge in [-0.3, -0.25) is 14.6 Å². The quantitative estimate of drug-likeness (QED) is 0.899. The zero-order valence-corrected chi connectivity index (χ0v) is 12.8. The van der Waals surface area contributed by atoms with Crippen LogP contribution in [-0.2, 0) is 4.79 Å². The predicted octanol–water partition coefficient (Wildman–Crippen LogP) is 1.61. The minimum absolute atomic E-state index is 0.0409. The number of amides is 2. The molecule has 2 aromatic carbocycles. The molecule has 0 bridgehead atoms.